The number of likely N-dealkylation sites (tertiary alicyclic amines) is 1. The monoisotopic (exact) mass is 397 g/mol. The van der Waals surface area contributed by atoms with Crippen LogP contribution in [0.2, 0.25) is 0 Å². The molecule has 1 aromatic heterocycles. The number of ketones is 1. The predicted octanol–water partition coefficient (Wildman–Crippen LogP) is 4.25. The molecule has 1 aliphatic rings. The van der Waals surface area contributed by atoms with Crippen molar-refractivity contribution >= 4 is 11.7 Å². The summed E-state index contributed by atoms with van der Waals surface area (Å²) in [5.41, 5.74) is 0.380. The standard InChI is InChI=1S/C22H21F2N3O2/c1-2-21(14-25)13-22(23,24)15-27(21)20(29)9-8-19(28)17-10-11-26-12-18(17)16-6-4-3-5-7-16/h3-7,10-12H,2,8-9,13,15H2,1H3/t21-/m0/s1. The van der Waals surface area contributed by atoms with Gasteiger partial charge in [-0.25, -0.2) is 8.78 Å². The number of amides is 1. The second kappa shape index (κ2) is 8.08. The Bertz CT molecular complexity index is 956. The molecule has 1 aliphatic heterocycles. The zero-order chi connectivity index (χ0) is 21.1. The van der Waals surface area contributed by atoms with Gasteiger partial charge >= 0.3 is 0 Å². The molecule has 0 unspecified atom stereocenters. The molecule has 1 saturated heterocycles. The van der Waals surface area contributed by atoms with Gasteiger partial charge in [0.1, 0.15) is 5.54 Å². The topological polar surface area (TPSA) is 74.1 Å². The van der Waals surface area contributed by atoms with E-state index in [9.17, 15) is 23.6 Å². The van der Waals surface area contributed by atoms with Crippen LogP contribution in [0.15, 0.2) is 48.8 Å². The molecule has 5 nitrogen and oxygen atoms in total. The van der Waals surface area contributed by atoms with Gasteiger partial charge in [0.25, 0.3) is 5.92 Å². The van der Waals surface area contributed by atoms with Gasteiger partial charge in [-0.05, 0) is 18.1 Å². The lowest BCUT2D eigenvalue weighted by atomic mass is 9.93. The molecule has 2 heterocycles. The van der Waals surface area contributed by atoms with Crippen molar-refractivity contribution in [2.24, 2.45) is 0 Å². The van der Waals surface area contributed by atoms with E-state index in [2.05, 4.69) is 4.98 Å². The average Bonchev–Trinajstić information content (AvgIpc) is 3.03. The lowest BCUT2D eigenvalue weighted by Gasteiger charge is -2.30. The van der Waals surface area contributed by atoms with E-state index in [1.807, 2.05) is 36.4 Å². The average molecular weight is 397 g/mol. The van der Waals surface area contributed by atoms with Gasteiger partial charge < -0.3 is 4.90 Å². The van der Waals surface area contributed by atoms with E-state index in [0.717, 1.165) is 10.5 Å². The normalized spacial score (nSPS) is 20.3. The van der Waals surface area contributed by atoms with Gasteiger partial charge in [-0.15, -0.1) is 0 Å². The first kappa shape index (κ1) is 20.6. The van der Waals surface area contributed by atoms with Crippen LogP contribution in [0.5, 0.6) is 0 Å². The number of nitriles is 1. The van der Waals surface area contributed by atoms with Crippen LogP contribution in [0.25, 0.3) is 11.1 Å². The summed E-state index contributed by atoms with van der Waals surface area (Å²) >= 11 is 0. The van der Waals surface area contributed by atoms with Crippen LogP contribution in [-0.2, 0) is 4.79 Å². The largest absolute Gasteiger partial charge is 0.318 e. The summed E-state index contributed by atoms with van der Waals surface area (Å²) in [4.78, 5) is 30.4. The Labute approximate surface area is 168 Å². The molecule has 3 rings (SSSR count). The Kier molecular flexibility index (Phi) is 5.73. The molecular weight excluding hydrogens is 376 g/mol. The summed E-state index contributed by atoms with van der Waals surface area (Å²) in [5, 5.41) is 9.43. The summed E-state index contributed by atoms with van der Waals surface area (Å²) in [6, 6.07) is 12.7. The first-order valence-corrected chi connectivity index (χ1v) is 9.44. The number of nitrogens with zero attached hydrogens (tertiary/aromatic N) is 3. The lowest BCUT2D eigenvalue weighted by Crippen LogP contribution is -2.46. The van der Waals surface area contributed by atoms with E-state index in [1.54, 1.807) is 19.2 Å². The molecule has 7 heteroatoms. The smallest absolute Gasteiger partial charge is 0.268 e. The minimum Gasteiger partial charge on any atom is -0.318 e. The maximum atomic E-state index is 13.9. The molecule has 1 aromatic carbocycles. The molecule has 1 fully saturated rings. The highest BCUT2D eigenvalue weighted by atomic mass is 19.3. The Morgan fingerprint density at radius 1 is 1.21 bits per heavy atom. The number of hydrogen-bond donors (Lipinski definition) is 0. The van der Waals surface area contributed by atoms with Crippen molar-refractivity contribution in [3.05, 3.63) is 54.4 Å². The minimum absolute atomic E-state index is 0.112. The van der Waals surface area contributed by atoms with E-state index in [4.69, 9.17) is 0 Å². The number of benzene rings is 1. The number of carbonyl (C=O) groups excluding carboxylic acids is 2. The van der Waals surface area contributed by atoms with E-state index < -0.39 is 30.3 Å². The number of halogens is 2. The quantitative estimate of drug-likeness (QED) is 0.683. The fraction of sp³-hybridized carbons (Fsp3) is 0.364. The lowest BCUT2D eigenvalue weighted by molar-refractivity contribution is -0.134. The van der Waals surface area contributed by atoms with Crippen molar-refractivity contribution in [2.75, 3.05) is 6.54 Å². The first-order valence-electron chi connectivity index (χ1n) is 9.44. The zero-order valence-electron chi connectivity index (χ0n) is 16.1. The second-order valence-electron chi connectivity index (χ2n) is 7.22. The van der Waals surface area contributed by atoms with Crippen molar-refractivity contribution in [2.45, 2.75) is 44.1 Å². The number of rotatable bonds is 6. The van der Waals surface area contributed by atoms with Crippen LogP contribution in [0.1, 0.15) is 43.0 Å². The Hall–Kier alpha value is -3.14. The number of pyridine rings is 1. The second-order valence-corrected chi connectivity index (χ2v) is 7.22. The van der Waals surface area contributed by atoms with Gasteiger partial charge in [0.05, 0.1) is 12.6 Å². The van der Waals surface area contributed by atoms with Crippen LogP contribution >= 0.6 is 0 Å². The molecule has 0 bridgehead atoms. The van der Waals surface area contributed by atoms with Crippen molar-refractivity contribution in [1.82, 2.24) is 9.88 Å². The minimum atomic E-state index is -3.10. The van der Waals surface area contributed by atoms with Crippen molar-refractivity contribution in [1.29, 1.82) is 5.26 Å². The third-order valence-electron chi connectivity index (χ3n) is 5.32. The molecule has 0 N–H and O–H groups in total. The fourth-order valence-corrected chi connectivity index (χ4v) is 3.76. The molecule has 0 aliphatic carbocycles. The molecule has 0 radical (unpaired) electrons. The Balaban J connectivity index is 1.75. The van der Waals surface area contributed by atoms with Gasteiger partial charge in [0.2, 0.25) is 5.91 Å². The van der Waals surface area contributed by atoms with Gasteiger partial charge in [-0.2, -0.15) is 5.26 Å². The molecule has 0 saturated carbocycles. The molecule has 1 amide bonds. The maximum Gasteiger partial charge on any atom is 0.268 e. The number of carbonyl (C=O) groups is 2. The molecule has 29 heavy (non-hydrogen) atoms. The number of hydrogen-bond acceptors (Lipinski definition) is 4. The maximum absolute atomic E-state index is 13.9. The van der Waals surface area contributed by atoms with Gasteiger partial charge in [0.15, 0.2) is 5.78 Å². The molecular formula is C22H21F2N3O2. The van der Waals surface area contributed by atoms with Crippen LogP contribution in [-0.4, -0.2) is 39.6 Å². The molecule has 2 aromatic rings. The van der Waals surface area contributed by atoms with Gasteiger partial charge in [-0.3, -0.25) is 14.6 Å². The van der Waals surface area contributed by atoms with E-state index in [-0.39, 0.29) is 25.0 Å². The van der Waals surface area contributed by atoms with E-state index >= 15 is 0 Å². The van der Waals surface area contributed by atoms with Crippen LogP contribution in [0.3, 0.4) is 0 Å². The molecule has 1 atom stereocenters. The van der Waals surface area contributed by atoms with E-state index in [1.165, 1.54) is 6.20 Å². The zero-order valence-corrected chi connectivity index (χ0v) is 16.1. The van der Waals surface area contributed by atoms with Crippen molar-refractivity contribution in [3.63, 3.8) is 0 Å². The highest BCUT2D eigenvalue weighted by Gasteiger charge is 2.56. The van der Waals surface area contributed by atoms with Gasteiger partial charge in [-0.1, -0.05) is 37.3 Å². The summed E-state index contributed by atoms with van der Waals surface area (Å²) in [6.45, 7) is 0.825. The van der Waals surface area contributed by atoms with Gasteiger partial charge in [0, 0.05) is 42.8 Å². The number of Topliss-reactive ketones (excluding diaryl/α,β-unsaturated/α-hetero) is 1. The number of alkyl halides is 2. The van der Waals surface area contributed by atoms with Crippen molar-refractivity contribution in [3.8, 4) is 17.2 Å². The third kappa shape index (κ3) is 4.16. The molecule has 0 spiro atoms. The summed E-state index contributed by atoms with van der Waals surface area (Å²) in [7, 11) is 0. The summed E-state index contributed by atoms with van der Waals surface area (Å²) < 4.78 is 27.8. The highest BCUT2D eigenvalue weighted by Crippen LogP contribution is 2.41. The first-order chi connectivity index (χ1) is 13.8. The van der Waals surface area contributed by atoms with Crippen LogP contribution in [0, 0.1) is 11.3 Å². The highest BCUT2D eigenvalue weighted by molar-refractivity contribution is 6.03. The van der Waals surface area contributed by atoms with Crippen LogP contribution in [0.4, 0.5) is 8.78 Å². The Morgan fingerprint density at radius 2 is 1.93 bits per heavy atom. The van der Waals surface area contributed by atoms with E-state index in [0.29, 0.717) is 11.1 Å². The summed E-state index contributed by atoms with van der Waals surface area (Å²) in [5.74, 6) is -3.98. The Morgan fingerprint density at radius 3 is 2.59 bits per heavy atom. The summed E-state index contributed by atoms with van der Waals surface area (Å²) in [6.07, 6.45) is 2.17. The SMILES string of the molecule is CC[C@@]1(C#N)CC(F)(F)CN1C(=O)CCC(=O)c1ccncc1-c1ccccc1. The molecule has 150 valence electrons. The fourth-order valence-electron chi connectivity index (χ4n) is 3.76. The predicted molar refractivity (Wildman–Crippen MR) is 103 cm³/mol. The third-order valence-corrected chi connectivity index (χ3v) is 5.32. The number of aromatic nitrogens is 1. The van der Waals surface area contributed by atoms with Crippen molar-refractivity contribution < 1.29 is 18.4 Å². The van der Waals surface area contributed by atoms with Crippen LogP contribution < -0.4 is 0 Å².